The Hall–Kier alpha value is -2.68. The molecule has 0 aliphatic carbocycles. The maximum Gasteiger partial charge on any atom is 0.265 e. The third-order valence-electron chi connectivity index (χ3n) is 4.88. The van der Waals surface area contributed by atoms with Crippen molar-refractivity contribution in [3.8, 4) is 0 Å². The Morgan fingerprint density at radius 2 is 2.14 bits per heavy atom. The van der Waals surface area contributed by atoms with Gasteiger partial charge in [0.25, 0.3) is 5.56 Å². The summed E-state index contributed by atoms with van der Waals surface area (Å²) in [6.45, 7) is 7.66. The van der Waals surface area contributed by atoms with Gasteiger partial charge in [0.2, 0.25) is 5.91 Å². The summed E-state index contributed by atoms with van der Waals surface area (Å²) in [5, 5.41) is 8.08. The van der Waals surface area contributed by atoms with Crippen molar-refractivity contribution >= 4 is 34.4 Å². The average Bonchev–Trinajstić information content (AvgIpc) is 3.23. The first-order chi connectivity index (χ1) is 13.6. The number of hydrogen-bond acceptors (Lipinski definition) is 5. The Morgan fingerprint density at radius 1 is 1.38 bits per heavy atom. The first-order valence-corrected chi connectivity index (χ1v) is 10.3. The fourth-order valence-electron chi connectivity index (χ4n) is 3.37. The van der Waals surface area contributed by atoms with Gasteiger partial charge >= 0.3 is 0 Å². The van der Waals surface area contributed by atoms with Gasteiger partial charge in [-0.3, -0.25) is 14.2 Å². The van der Waals surface area contributed by atoms with Crippen LogP contribution in [-0.4, -0.2) is 31.0 Å². The number of halogens is 1. The summed E-state index contributed by atoms with van der Waals surface area (Å²) >= 11 is 1.45. The molecule has 7 nitrogen and oxygen atoms in total. The number of aryl methyl sites for hydroxylation is 1. The molecule has 1 amide bonds. The third-order valence-corrected chi connectivity index (χ3v) is 5.98. The molecule has 1 aromatic carbocycles. The van der Waals surface area contributed by atoms with Crippen LogP contribution in [0, 0.1) is 12.7 Å². The molecule has 0 radical (unpaired) electrons. The molecule has 1 N–H and O–H groups in total. The fourth-order valence-corrected chi connectivity index (χ4v) is 4.50. The van der Waals surface area contributed by atoms with Gasteiger partial charge in [-0.2, -0.15) is 5.10 Å². The summed E-state index contributed by atoms with van der Waals surface area (Å²) in [5.41, 5.74) is 0.982. The van der Waals surface area contributed by atoms with Gasteiger partial charge in [0.05, 0.1) is 17.8 Å². The van der Waals surface area contributed by atoms with Crippen molar-refractivity contribution in [3.05, 3.63) is 46.1 Å². The van der Waals surface area contributed by atoms with Crippen LogP contribution in [0.25, 0.3) is 11.0 Å². The van der Waals surface area contributed by atoms with Gasteiger partial charge < -0.3 is 5.32 Å². The Labute approximate surface area is 171 Å². The second-order valence-electron chi connectivity index (χ2n) is 8.22. The normalized spacial score (nSPS) is 16.2. The molecule has 1 aliphatic rings. The Bertz CT molecular complexity index is 1180. The van der Waals surface area contributed by atoms with Gasteiger partial charge in [0.15, 0.2) is 10.8 Å². The van der Waals surface area contributed by atoms with Gasteiger partial charge in [-0.1, -0.05) is 17.8 Å². The number of fused-ring (bicyclic) bond motifs is 2. The van der Waals surface area contributed by atoms with Gasteiger partial charge in [-0.25, -0.2) is 14.1 Å². The lowest BCUT2D eigenvalue weighted by Crippen LogP contribution is -2.29. The maximum atomic E-state index is 13.7. The molecule has 3 heterocycles. The van der Waals surface area contributed by atoms with Crippen molar-refractivity contribution in [1.29, 1.82) is 0 Å². The average molecular weight is 415 g/mol. The van der Waals surface area contributed by atoms with Crippen molar-refractivity contribution in [2.45, 2.75) is 50.9 Å². The zero-order valence-electron chi connectivity index (χ0n) is 16.7. The number of nitrogens with one attached hydrogen (secondary N) is 1. The summed E-state index contributed by atoms with van der Waals surface area (Å²) < 4.78 is 17.0. The first kappa shape index (κ1) is 19.6. The van der Waals surface area contributed by atoms with Crippen molar-refractivity contribution in [2.24, 2.45) is 0 Å². The van der Waals surface area contributed by atoms with Crippen LogP contribution < -0.4 is 10.9 Å². The molecule has 1 aliphatic heterocycles. The molecule has 0 saturated heterocycles. The minimum atomic E-state index is -0.372. The molecule has 3 aromatic rings. The molecule has 2 aromatic heterocycles. The molecule has 0 spiro atoms. The van der Waals surface area contributed by atoms with Crippen molar-refractivity contribution in [2.75, 3.05) is 11.1 Å². The van der Waals surface area contributed by atoms with Crippen LogP contribution in [0.5, 0.6) is 0 Å². The molecule has 0 bridgehead atoms. The van der Waals surface area contributed by atoms with Crippen LogP contribution in [0.1, 0.15) is 38.8 Å². The highest BCUT2D eigenvalue weighted by Crippen LogP contribution is 2.34. The van der Waals surface area contributed by atoms with E-state index in [2.05, 4.69) is 15.4 Å². The number of carbonyl (C=O) groups excluding carboxylic acids is 1. The van der Waals surface area contributed by atoms with Crippen LogP contribution in [0.4, 0.5) is 10.1 Å². The van der Waals surface area contributed by atoms with E-state index in [1.807, 2.05) is 20.8 Å². The predicted molar refractivity (Wildman–Crippen MR) is 111 cm³/mol. The van der Waals surface area contributed by atoms with E-state index in [0.29, 0.717) is 33.2 Å². The van der Waals surface area contributed by atoms with Gasteiger partial charge in [-0.05, 0) is 45.4 Å². The van der Waals surface area contributed by atoms with E-state index in [1.165, 1.54) is 17.8 Å². The van der Waals surface area contributed by atoms with E-state index in [0.717, 1.165) is 0 Å². The minimum Gasteiger partial charge on any atom is -0.326 e. The van der Waals surface area contributed by atoms with Crippen LogP contribution >= 0.6 is 11.8 Å². The molecule has 1 unspecified atom stereocenters. The standard InChI is InChI=1S/C20H22FN5O2S/c1-11-5-6-12(7-15(11)21)23-16(27)8-13-10-29-19-24-17-14(18(28)25(13)19)9-22-26(17)20(2,3)4/h5-7,9,13H,8,10H2,1-4H3,(H,23,27). The number of aromatic nitrogens is 4. The highest BCUT2D eigenvalue weighted by atomic mass is 32.2. The topological polar surface area (TPSA) is 81.8 Å². The van der Waals surface area contributed by atoms with E-state index < -0.39 is 0 Å². The lowest BCUT2D eigenvalue weighted by molar-refractivity contribution is -0.116. The van der Waals surface area contributed by atoms with Crippen molar-refractivity contribution in [3.63, 3.8) is 0 Å². The summed E-state index contributed by atoms with van der Waals surface area (Å²) in [5.74, 6) is -0.0691. The lowest BCUT2D eigenvalue weighted by atomic mass is 10.1. The van der Waals surface area contributed by atoms with E-state index in [4.69, 9.17) is 0 Å². The van der Waals surface area contributed by atoms with E-state index >= 15 is 0 Å². The Kier molecular flexibility index (Phi) is 4.72. The first-order valence-electron chi connectivity index (χ1n) is 9.34. The molecule has 29 heavy (non-hydrogen) atoms. The molecule has 1 atom stereocenters. The monoisotopic (exact) mass is 415 g/mol. The molecular weight excluding hydrogens is 393 g/mol. The fraction of sp³-hybridized carbons (Fsp3) is 0.400. The number of anilines is 1. The zero-order chi connectivity index (χ0) is 20.9. The number of amides is 1. The minimum absolute atomic E-state index is 0.107. The van der Waals surface area contributed by atoms with Gasteiger partial charge in [0.1, 0.15) is 11.2 Å². The highest BCUT2D eigenvalue weighted by Gasteiger charge is 2.30. The summed E-state index contributed by atoms with van der Waals surface area (Å²) in [6.07, 6.45) is 1.65. The number of rotatable bonds is 3. The SMILES string of the molecule is Cc1ccc(NC(=O)CC2CSc3nc4c(cnn4C(C)(C)C)c(=O)n32)cc1F. The third kappa shape index (κ3) is 3.55. The Morgan fingerprint density at radius 3 is 2.83 bits per heavy atom. The van der Waals surface area contributed by atoms with Gasteiger partial charge in [0, 0.05) is 17.9 Å². The molecule has 152 valence electrons. The van der Waals surface area contributed by atoms with Crippen molar-refractivity contribution < 1.29 is 9.18 Å². The predicted octanol–water partition coefficient (Wildman–Crippen LogP) is 3.47. The number of carbonyl (C=O) groups is 1. The van der Waals surface area contributed by atoms with Crippen molar-refractivity contribution in [1.82, 2.24) is 19.3 Å². The van der Waals surface area contributed by atoms with Crippen LogP contribution in [0.2, 0.25) is 0 Å². The largest absolute Gasteiger partial charge is 0.326 e. The number of thioether (sulfide) groups is 1. The summed E-state index contributed by atoms with van der Waals surface area (Å²) in [4.78, 5) is 30.2. The van der Waals surface area contributed by atoms with Gasteiger partial charge in [-0.15, -0.1) is 0 Å². The molecule has 9 heteroatoms. The maximum absolute atomic E-state index is 13.7. The quantitative estimate of drug-likeness (QED) is 0.663. The number of hydrogen-bond donors (Lipinski definition) is 1. The smallest absolute Gasteiger partial charge is 0.265 e. The second-order valence-corrected chi connectivity index (χ2v) is 9.20. The summed E-state index contributed by atoms with van der Waals surface area (Å²) in [6, 6.07) is 4.26. The highest BCUT2D eigenvalue weighted by molar-refractivity contribution is 7.99. The van der Waals surface area contributed by atoms with Crippen LogP contribution in [0.3, 0.4) is 0 Å². The molecule has 0 saturated carbocycles. The van der Waals surface area contributed by atoms with Crippen LogP contribution in [0.15, 0.2) is 34.3 Å². The van der Waals surface area contributed by atoms with E-state index in [1.54, 1.807) is 34.5 Å². The zero-order valence-corrected chi connectivity index (χ0v) is 17.5. The van der Waals surface area contributed by atoms with E-state index in [9.17, 15) is 14.0 Å². The molecular formula is C20H22FN5O2S. The molecule has 0 fully saturated rings. The number of nitrogens with zero attached hydrogens (tertiary/aromatic N) is 4. The van der Waals surface area contributed by atoms with E-state index in [-0.39, 0.29) is 35.3 Å². The van der Waals surface area contributed by atoms with Crippen LogP contribution in [-0.2, 0) is 10.3 Å². The summed E-state index contributed by atoms with van der Waals surface area (Å²) in [7, 11) is 0. The second kappa shape index (κ2) is 6.98. The molecule has 4 rings (SSSR count). The number of benzene rings is 1. The lowest BCUT2D eigenvalue weighted by Gasteiger charge is -2.20. The Balaban J connectivity index is 1.60.